The fraction of sp³-hybridized carbons (Fsp3) is 0.125. The van der Waals surface area contributed by atoms with E-state index in [1.807, 2.05) is 18.4 Å². The Kier molecular flexibility index (Phi) is 5.43. The number of carbonyl (C=O) groups excluding carboxylic acids is 2. The Hall–Kier alpha value is -2.47. The van der Waals surface area contributed by atoms with Crippen molar-refractivity contribution in [2.75, 3.05) is 13.4 Å². The van der Waals surface area contributed by atoms with Gasteiger partial charge in [0.2, 0.25) is 0 Å². The van der Waals surface area contributed by atoms with E-state index >= 15 is 0 Å². The number of hydrogen-bond donors (Lipinski definition) is 2. The van der Waals surface area contributed by atoms with E-state index < -0.39 is 5.91 Å². The van der Waals surface area contributed by atoms with Crippen LogP contribution in [0.4, 0.5) is 0 Å². The average Bonchev–Trinajstić information content (AvgIpc) is 2.59. The Balaban J connectivity index is 2.05. The maximum Gasteiger partial charge on any atom is 0.273 e. The molecule has 0 fully saturated rings. The second-order valence-electron chi connectivity index (χ2n) is 4.34. The third-order valence-electron chi connectivity index (χ3n) is 2.98. The molecule has 0 saturated carbocycles. The van der Waals surface area contributed by atoms with Gasteiger partial charge in [0.15, 0.2) is 0 Å². The minimum atomic E-state index is -0.436. The maximum atomic E-state index is 12.1. The summed E-state index contributed by atoms with van der Waals surface area (Å²) >= 11 is 1.55. The fourth-order valence-corrected chi connectivity index (χ4v) is 2.26. The van der Waals surface area contributed by atoms with Crippen LogP contribution in [0.2, 0.25) is 0 Å². The van der Waals surface area contributed by atoms with Gasteiger partial charge in [-0.15, -0.1) is 11.8 Å². The Morgan fingerprint density at radius 2 is 1.68 bits per heavy atom. The Morgan fingerprint density at radius 1 is 1.00 bits per heavy atom. The van der Waals surface area contributed by atoms with Crippen molar-refractivity contribution in [2.45, 2.75) is 4.90 Å². The highest BCUT2D eigenvalue weighted by Crippen LogP contribution is 2.25. The van der Waals surface area contributed by atoms with Crippen LogP contribution in [0.1, 0.15) is 20.7 Å². The molecular formula is C16H16N2O3S. The number of amides is 2. The number of hydrogen-bond acceptors (Lipinski definition) is 4. The van der Waals surface area contributed by atoms with Crippen LogP contribution >= 0.6 is 11.8 Å². The molecule has 2 N–H and O–H groups in total. The number of thioether (sulfide) groups is 1. The molecule has 0 radical (unpaired) electrons. The lowest BCUT2D eigenvalue weighted by Gasteiger charge is -2.11. The van der Waals surface area contributed by atoms with E-state index in [0.717, 1.165) is 4.90 Å². The lowest BCUT2D eigenvalue weighted by molar-refractivity contribution is 0.0845. The van der Waals surface area contributed by atoms with Gasteiger partial charge in [0.25, 0.3) is 11.8 Å². The molecule has 5 nitrogen and oxygen atoms in total. The third kappa shape index (κ3) is 3.79. The molecule has 0 heterocycles. The highest BCUT2D eigenvalue weighted by atomic mass is 32.2. The largest absolute Gasteiger partial charge is 0.496 e. The van der Waals surface area contributed by atoms with Crippen molar-refractivity contribution in [3.05, 3.63) is 59.7 Å². The zero-order chi connectivity index (χ0) is 15.9. The first-order valence-corrected chi connectivity index (χ1v) is 7.76. The molecule has 0 aliphatic carbocycles. The molecular weight excluding hydrogens is 300 g/mol. The highest BCUT2D eigenvalue weighted by molar-refractivity contribution is 7.98. The van der Waals surface area contributed by atoms with E-state index in [9.17, 15) is 9.59 Å². The van der Waals surface area contributed by atoms with Gasteiger partial charge in [-0.05, 0) is 36.6 Å². The van der Waals surface area contributed by atoms with Crippen LogP contribution in [0, 0.1) is 0 Å². The van der Waals surface area contributed by atoms with Crippen LogP contribution in [0.15, 0.2) is 53.4 Å². The summed E-state index contributed by atoms with van der Waals surface area (Å²) in [6.07, 6.45) is 1.94. The number of carbonyl (C=O) groups is 2. The van der Waals surface area contributed by atoms with Crippen molar-refractivity contribution in [2.24, 2.45) is 0 Å². The quantitative estimate of drug-likeness (QED) is 0.672. The summed E-state index contributed by atoms with van der Waals surface area (Å²) in [7, 11) is 1.50. The van der Waals surface area contributed by atoms with E-state index in [1.165, 1.54) is 7.11 Å². The smallest absolute Gasteiger partial charge is 0.273 e. The lowest BCUT2D eigenvalue weighted by Crippen LogP contribution is -2.41. The van der Waals surface area contributed by atoms with Gasteiger partial charge in [0, 0.05) is 10.5 Å². The average molecular weight is 316 g/mol. The van der Waals surface area contributed by atoms with Gasteiger partial charge in [0.05, 0.1) is 12.7 Å². The molecule has 2 amide bonds. The van der Waals surface area contributed by atoms with E-state index in [4.69, 9.17) is 4.74 Å². The highest BCUT2D eigenvalue weighted by Gasteiger charge is 2.14. The Bertz CT molecular complexity index is 674. The molecule has 0 saturated heterocycles. The number of ether oxygens (including phenoxy) is 1. The predicted molar refractivity (Wildman–Crippen MR) is 86.1 cm³/mol. The minimum Gasteiger partial charge on any atom is -0.496 e. The van der Waals surface area contributed by atoms with Crippen molar-refractivity contribution >= 4 is 23.6 Å². The van der Waals surface area contributed by atoms with Gasteiger partial charge in [-0.25, -0.2) is 0 Å². The normalized spacial score (nSPS) is 9.91. The molecule has 0 bridgehead atoms. The SMILES string of the molecule is COc1cc(SC)ccc1C(=O)NNC(=O)c1ccccc1. The molecule has 0 unspecified atom stereocenters. The number of benzene rings is 2. The third-order valence-corrected chi connectivity index (χ3v) is 3.70. The van der Waals surface area contributed by atoms with E-state index in [1.54, 1.807) is 48.2 Å². The minimum absolute atomic E-state index is 0.355. The first-order valence-electron chi connectivity index (χ1n) is 6.53. The Morgan fingerprint density at radius 3 is 2.32 bits per heavy atom. The summed E-state index contributed by atoms with van der Waals surface area (Å²) in [4.78, 5) is 25.0. The molecule has 0 aliphatic rings. The van der Waals surface area contributed by atoms with Crippen molar-refractivity contribution in [1.82, 2.24) is 10.9 Å². The zero-order valence-electron chi connectivity index (χ0n) is 12.3. The number of methoxy groups -OCH3 is 1. The van der Waals surface area contributed by atoms with Gasteiger partial charge >= 0.3 is 0 Å². The molecule has 6 heteroatoms. The maximum absolute atomic E-state index is 12.1. The van der Waals surface area contributed by atoms with Crippen LogP contribution < -0.4 is 15.6 Å². The molecule has 0 atom stereocenters. The molecule has 0 aromatic heterocycles. The summed E-state index contributed by atoms with van der Waals surface area (Å²) in [6, 6.07) is 13.9. The number of hydrazine groups is 1. The van der Waals surface area contributed by atoms with Crippen LogP contribution in [0.5, 0.6) is 5.75 Å². The summed E-state index contributed by atoms with van der Waals surface area (Å²) in [6.45, 7) is 0. The molecule has 2 aromatic rings. The molecule has 0 aliphatic heterocycles. The molecule has 114 valence electrons. The van der Waals surface area contributed by atoms with Crippen molar-refractivity contribution in [3.63, 3.8) is 0 Å². The number of rotatable bonds is 4. The second kappa shape index (κ2) is 7.51. The summed E-state index contributed by atoms with van der Waals surface area (Å²) < 4.78 is 5.21. The summed E-state index contributed by atoms with van der Waals surface area (Å²) in [5.74, 6) is -0.360. The molecule has 0 spiro atoms. The van der Waals surface area contributed by atoms with Gasteiger partial charge in [-0.1, -0.05) is 18.2 Å². The topological polar surface area (TPSA) is 67.4 Å². The van der Waals surface area contributed by atoms with E-state index in [2.05, 4.69) is 10.9 Å². The van der Waals surface area contributed by atoms with Gasteiger partial charge in [0.1, 0.15) is 5.75 Å². The van der Waals surface area contributed by atoms with Crippen molar-refractivity contribution < 1.29 is 14.3 Å². The fourth-order valence-electron chi connectivity index (χ4n) is 1.83. The standard InChI is InChI=1S/C16H16N2O3S/c1-21-14-10-12(22-2)8-9-13(14)16(20)18-17-15(19)11-6-4-3-5-7-11/h3-10H,1-2H3,(H,17,19)(H,18,20). The van der Waals surface area contributed by atoms with E-state index in [-0.39, 0.29) is 5.91 Å². The van der Waals surface area contributed by atoms with Gasteiger partial charge in [-0.3, -0.25) is 20.4 Å². The first-order chi connectivity index (χ1) is 10.7. The van der Waals surface area contributed by atoms with Gasteiger partial charge in [-0.2, -0.15) is 0 Å². The van der Waals surface area contributed by atoms with Crippen LogP contribution in [-0.2, 0) is 0 Å². The van der Waals surface area contributed by atoms with Crippen molar-refractivity contribution in [1.29, 1.82) is 0 Å². The predicted octanol–water partition coefficient (Wildman–Crippen LogP) is 2.49. The van der Waals surface area contributed by atoms with Crippen molar-refractivity contribution in [3.8, 4) is 5.75 Å². The number of nitrogens with one attached hydrogen (secondary N) is 2. The Labute approximate surface area is 133 Å². The van der Waals surface area contributed by atoms with Gasteiger partial charge < -0.3 is 4.74 Å². The molecule has 22 heavy (non-hydrogen) atoms. The molecule has 2 rings (SSSR count). The summed E-state index contributed by atoms with van der Waals surface area (Å²) in [5, 5.41) is 0. The van der Waals surface area contributed by atoms with Crippen LogP contribution in [0.3, 0.4) is 0 Å². The molecule has 2 aromatic carbocycles. The monoisotopic (exact) mass is 316 g/mol. The lowest BCUT2D eigenvalue weighted by atomic mass is 10.2. The summed E-state index contributed by atoms with van der Waals surface area (Å²) in [5.41, 5.74) is 5.58. The van der Waals surface area contributed by atoms with Crippen LogP contribution in [-0.4, -0.2) is 25.2 Å². The first kappa shape index (κ1) is 15.9. The van der Waals surface area contributed by atoms with Crippen LogP contribution in [0.25, 0.3) is 0 Å². The van der Waals surface area contributed by atoms with E-state index in [0.29, 0.717) is 16.9 Å². The second-order valence-corrected chi connectivity index (χ2v) is 5.22. The zero-order valence-corrected chi connectivity index (χ0v) is 13.1.